The van der Waals surface area contributed by atoms with Gasteiger partial charge in [0.1, 0.15) is 0 Å². The van der Waals surface area contributed by atoms with Gasteiger partial charge in [-0.25, -0.2) is 9.97 Å². The summed E-state index contributed by atoms with van der Waals surface area (Å²) in [7, 11) is 0. The summed E-state index contributed by atoms with van der Waals surface area (Å²) in [4.78, 5) is 26.0. The Hall–Kier alpha value is -1.95. The van der Waals surface area contributed by atoms with Crippen molar-refractivity contribution >= 4 is 27.8 Å². The van der Waals surface area contributed by atoms with Gasteiger partial charge < -0.3 is 9.80 Å². The third kappa shape index (κ3) is 3.54. The summed E-state index contributed by atoms with van der Waals surface area (Å²) in [5.41, 5.74) is 2.66. The van der Waals surface area contributed by atoms with E-state index >= 15 is 0 Å². The number of rotatable bonds is 2. The molecular weight excluding hydrogens is 380 g/mol. The Morgan fingerprint density at radius 3 is 2.68 bits per heavy atom. The largest absolute Gasteiger partial charge is 0.340 e. The SMILES string of the molecule is O=C(C1CCCN(c2ncc(Br)cn2)C1)N1CCc2ccccc2C1. The summed E-state index contributed by atoms with van der Waals surface area (Å²) in [5, 5.41) is 0. The molecule has 0 N–H and O–H groups in total. The molecule has 1 fully saturated rings. The lowest BCUT2D eigenvalue weighted by Gasteiger charge is -2.36. The molecule has 6 heteroatoms. The zero-order valence-corrected chi connectivity index (χ0v) is 15.7. The predicted octanol–water partition coefficient (Wildman–Crippen LogP) is 3.04. The number of nitrogens with zero attached hydrogens (tertiary/aromatic N) is 4. The first-order valence-corrected chi connectivity index (χ1v) is 9.58. The molecule has 4 rings (SSSR count). The molecule has 130 valence electrons. The second-order valence-electron chi connectivity index (χ2n) is 6.76. The Morgan fingerprint density at radius 2 is 1.88 bits per heavy atom. The third-order valence-electron chi connectivity index (χ3n) is 5.10. The number of hydrogen-bond donors (Lipinski definition) is 0. The maximum atomic E-state index is 13.0. The molecule has 1 saturated heterocycles. The van der Waals surface area contributed by atoms with Crippen LogP contribution in [0, 0.1) is 5.92 Å². The first-order chi connectivity index (χ1) is 12.2. The summed E-state index contributed by atoms with van der Waals surface area (Å²) < 4.78 is 0.868. The normalized spacial score (nSPS) is 20.3. The maximum absolute atomic E-state index is 13.0. The van der Waals surface area contributed by atoms with Crippen LogP contribution < -0.4 is 4.90 Å². The Morgan fingerprint density at radius 1 is 1.12 bits per heavy atom. The van der Waals surface area contributed by atoms with Gasteiger partial charge in [0.2, 0.25) is 11.9 Å². The van der Waals surface area contributed by atoms with Crippen LogP contribution >= 0.6 is 15.9 Å². The van der Waals surface area contributed by atoms with E-state index in [0.717, 1.165) is 43.4 Å². The van der Waals surface area contributed by atoms with Crippen molar-refractivity contribution in [3.63, 3.8) is 0 Å². The number of benzene rings is 1. The topological polar surface area (TPSA) is 49.3 Å². The molecule has 1 amide bonds. The number of halogens is 1. The van der Waals surface area contributed by atoms with Gasteiger partial charge in [0.25, 0.3) is 0 Å². The van der Waals surface area contributed by atoms with Gasteiger partial charge in [0.05, 0.1) is 10.4 Å². The second kappa shape index (κ2) is 7.12. The molecule has 0 aliphatic carbocycles. The molecule has 1 aromatic heterocycles. The molecule has 1 aromatic carbocycles. The summed E-state index contributed by atoms with van der Waals surface area (Å²) >= 11 is 3.37. The Balaban J connectivity index is 1.44. The lowest BCUT2D eigenvalue weighted by molar-refractivity contribution is -0.136. The molecule has 5 nitrogen and oxygen atoms in total. The van der Waals surface area contributed by atoms with Crippen LogP contribution in [0.5, 0.6) is 0 Å². The van der Waals surface area contributed by atoms with Gasteiger partial charge in [0.15, 0.2) is 0 Å². The monoisotopic (exact) mass is 400 g/mol. The standard InChI is InChI=1S/C19H21BrN4O/c20-17-10-21-19(22-11-17)24-8-3-6-16(13-24)18(25)23-9-7-14-4-1-2-5-15(14)12-23/h1-2,4-5,10-11,16H,3,6-9,12-13H2. The molecule has 2 aliphatic heterocycles. The van der Waals surface area contributed by atoms with Crippen molar-refractivity contribution in [3.8, 4) is 0 Å². The minimum absolute atomic E-state index is 0.0336. The van der Waals surface area contributed by atoms with Crippen molar-refractivity contribution < 1.29 is 4.79 Å². The van der Waals surface area contributed by atoms with Crippen molar-refractivity contribution in [1.82, 2.24) is 14.9 Å². The predicted molar refractivity (Wildman–Crippen MR) is 100 cm³/mol. The van der Waals surface area contributed by atoms with E-state index in [0.29, 0.717) is 12.5 Å². The number of fused-ring (bicyclic) bond motifs is 1. The molecule has 0 saturated carbocycles. The number of anilines is 1. The van der Waals surface area contributed by atoms with Crippen LogP contribution in [0.2, 0.25) is 0 Å². The van der Waals surface area contributed by atoms with Crippen LogP contribution in [0.1, 0.15) is 24.0 Å². The minimum atomic E-state index is 0.0336. The van der Waals surface area contributed by atoms with Gasteiger partial charge in [-0.05, 0) is 46.3 Å². The molecule has 1 unspecified atom stereocenters. The molecule has 0 spiro atoms. The zero-order valence-electron chi connectivity index (χ0n) is 14.1. The fraction of sp³-hybridized carbons (Fsp3) is 0.421. The average Bonchev–Trinajstić information content (AvgIpc) is 2.68. The van der Waals surface area contributed by atoms with Gasteiger partial charge in [-0.1, -0.05) is 24.3 Å². The molecule has 0 radical (unpaired) electrons. The van der Waals surface area contributed by atoms with E-state index in [4.69, 9.17) is 0 Å². The van der Waals surface area contributed by atoms with Crippen molar-refractivity contribution in [3.05, 3.63) is 52.3 Å². The molecule has 25 heavy (non-hydrogen) atoms. The van der Waals surface area contributed by atoms with E-state index in [9.17, 15) is 4.79 Å². The Kier molecular flexibility index (Phi) is 4.70. The van der Waals surface area contributed by atoms with Crippen LogP contribution in [-0.4, -0.2) is 40.4 Å². The van der Waals surface area contributed by atoms with Crippen LogP contribution in [-0.2, 0) is 17.8 Å². The second-order valence-corrected chi connectivity index (χ2v) is 7.68. The van der Waals surface area contributed by atoms with E-state index in [2.05, 4.69) is 55.1 Å². The number of aromatic nitrogens is 2. The summed E-state index contributed by atoms with van der Waals surface area (Å²) in [6, 6.07) is 8.44. The summed E-state index contributed by atoms with van der Waals surface area (Å²) in [5.74, 6) is 1.02. The van der Waals surface area contributed by atoms with Gasteiger partial charge in [0, 0.05) is 38.6 Å². The quantitative estimate of drug-likeness (QED) is 0.776. The molecule has 3 heterocycles. The first-order valence-electron chi connectivity index (χ1n) is 8.79. The lowest BCUT2D eigenvalue weighted by atomic mass is 9.94. The van der Waals surface area contributed by atoms with Crippen molar-refractivity contribution in [2.24, 2.45) is 5.92 Å². The number of amides is 1. The summed E-state index contributed by atoms with van der Waals surface area (Å²) in [6.45, 7) is 3.17. The van der Waals surface area contributed by atoms with Crippen molar-refractivity contribution in [2.75, 3.05) is 24.5 Å². The highest BCUT2D eigenvalue weighted by atomic mass is 79.9. The van der Waals surface area contributed by atoms with E-state index in [1.807, 2.05) is 4.90 Å². The summed E-state index contributed by atoms with van der Waals surface area (Å²) in [6.07, 6.45) is 6.42. The van der Waals surface area contributed by atoms with Crippen LogP contribution in [0.3, 0.4) is 0 Å². The highest BCUT2D eigenvalue weighted by molar-refractivity contribution is 9.10. The fourth-order valence-corrected chi connectivity index (χ4v) is 3.98. The highest BCUT2D eigenvalue weighted by Gasteiger charge is 2.31. The maximum Gasteiger partial charge on any atom is 0.227 e. The molecule has 2 aromatic rings. The Labute approximate surface area is 156 Å². The van der Waals surface area contributed by atoms with E-state index in [1.54, 1.807) is 12.4 Å². The van der Waals surface area contributed by atoms with Gasteiger partial charge in [-0.2, -0.15) is 0 Å². The van der Waals surface area contributed by atoms with E-state index in [-0.39, 0.29) is 11.8 Å². The van der Waals surface area contributed by atoms with Gasteiger partial charge in [-0.15, -0.1) is 0 Å². The van der Waals surface area contributed by atoms with Crippen LogP contribution in [0.25, 0.3) is 0 Å². The zero-order chi connectivity index (χ0) is 17.2. The van der Waals surface area contributed by atoms with Crippen molar-refractivity contribution in [2.45, 2.75) is 25.8 Å². The number of carbonyl (C=O) groups excluding carboxylic acids is 1. The lowest BCUT2D eigenvalue weighted by Crippen LogP contribution is -2.46. The van der Waals surface area contributed by atoms with Gasteiger partial charge >= 0.3 is 0 Å². The fourth-order valence-electron chi connectivity index (χ4n) is 3.77. The van der Waals surface area contributed by atoms with E-state index in [1.165, 1.54) is 11.1 Å². The van der Waals surface area contributed by atoms with E-state index < -0.39 is 0 Å². The first kappa shape index (κ1) is 16.5. The molecule has 2 aliphatic rings. The minimum Gasteiger partial charge on any atom is -0.340 e. The molecule has 1 atom stereocenters. The average molecular weight is 401 g/mol. The number of piperidine rings is 1. The highest BCUT2D eigenvalue weighted by Crippen LogP contribution is 2.25. The third-order valence-corrected chi connectivity index (χ3v) is 5.51. The molecule has 0 bridgehead atoms. The van der Waals surface area contributed by atoms with Crippen LogP contribution in [0.4, 0.5) is 5.95 Å². The number of carbonyl (C=O) groups is 1. The smallest absolute Gasteiger partial charge is 0.227 e. The number of hydrogen-bond acceptors (Lipinski definition) is 4. The Bertz CT molecular complexity index is 764. The van der Waals surface area contributed by atoms with Gasteiger partial charge in [-0.3, -0.25) is 4.79 Å². The van der Waals surface area contributed by atoms with Crippen molar-refractivity contribution in [1.29, 1.82) is 0 Å². The van der Waals surface area contributed by atoms with Crippen LogP contribution in [0.15, 0.2) is 41.1 Å². The molecular formula is C19H21BrN4O.